The lowest BCUT2D eigenvalue weighted by Crippen LogP contribution is -2.50. The summed E-state index contributed by atoms with van der Waals surface area (Å²) in [6.45, 7) is 4.51. The van der Waals surface area contributed by atoms with Crippen LogP contribution < -0.4 is 10.1 Å². The number of aryl methyl sites for hydroxylation is 1. The highest BCUT2D eigenvalue weighted by molar-refractivity contribution is 8.00. The van der Waals surface area contributed by atoms with Gasteiger partial charge in [-0.15, -0.1) is 11.3 Å². The van der Waals surface area contributed by atoms with Crippen molar-refractivity contribution in [2.24, 2.45) is 0 Å². The summed E-state index contributed by atoms with van der Waals surface area (Å²) in [6.07, 6.45) is 0. The van der Waals surface area contributed by atoms with Crippen molar-refractivity contribution >= 4 is 45.7 Å². The number of ketones is 1. The summed E-state index contributed by atoms with van der Waals surface area (Å²) in [5.74, 6) is 1.38. The fraction of sp³-hybridized carbons (Fsp3) is 0.333. The lowest BCUT2D eigenvalue weighted by Gasteiger charge is -2.31. The average Bonchev–Trinajstić information content (AvgIpc) is 3.25. The van der Waals surface area contributed by atoms with Crippen LogP contribution in [0.5, 0.6) is 5.75 Å². The van der Waals surface area contributed by atoms with Gasteiger partial charge in [-0.2, -0.15) is 0 Å². The van der Waals surface area contributed by atoms with Gasteiger partial charge in [0.1, 0.15) is 16.6 Å². The molecule has 3 aromatic rings. The normalized spacial score (nSPS) is 19.0. The minimum Gasteiger partial charge on any atom is -0.497 e. The molecule has 1 aromatic carbocycles. The second kappa shape index (κ2) is 8.33. The molecule has 9 heteroatoms. The number of Topliss-reactive ketones (excluding diaryl/α,β-unsaturated/α-hetero) is 1. The summed E-state index contributed by atoms with van der Waals surface area (Å²) in [4.78, 5) is 35.4. The average molecular weight is 444 g/mol. The van der Waals surface area contributed by atoms with Crippen LogP contribution in [0, 0.1) is 6.92 Å². The summed E-state index contributed by atoms with van der Waals surface area (Å²) in [5.41, 5.74) is -0.240. The third kappa shape index (κ3) is 3.92. The molecule has 4 rings (SSSR count). The number of nitrogens with one attached hydrogen (secondary N) is 1. The van der Waals surface area contributed by atoms with Gasteiger partial charge in [-0.3, -0.25) is 9.59 Å². The van der Waals surface area contributed by atoms with Crippen molar-refractivity contribution in [3.63, 3.8) is 0 Å². The Morgan fingerprint density at radius 2 is 2.17 bits per heavy atom. The number of hydrogen-bond donors (Lipinski definition) is 1. The number of nitrogens with zero attached hydrogens (tertiary/aromatic N) is 2. The zero-order chi connectivity index (χ0) is 21.3. The number of thioether (sulfide) groups is 1. The van der Waals surface area contributed by atoms with Gasteiger partial charge in [0.15, 0.2) is 11.4 Å². The Morgan fingerprint density at radius 1 is 1.33 bits per heavy atom. The number of benzene rings is 1. The van der Waals surface area contributed by atoms with Gasteiger partial charge in [0.25, 0.3) is 5.91 Å². The topological polar surface area (TPSA) is 90.4 Å². The van der Waals surface area contributed by atoms with Crippen LogP contribution in [0.2, 0.25) is 0 Å². The Hall–Kier alpha value is -2.49. The van der Waals surface area contributed by atoms with E-state index in [9.17, 15) is 9.59 Å². The Labute approximate surface area is 182 Å². The molecule has 1 atom stereocenters. The van der Waals surface area contributed by atoms with Gasteiger partial charge in [-0.25, -0.2) is 9.97 Å². The van der Waals surface area contributed by atoms with Gasteiger partial charge in [0.05, 0.1) is 29.9 Å². The van der Waals surface area contributed by atoms with E-state index in [-0.39, 0.29) is 17.4 Å². The number of methoxy groups -OCH3 is 1. The number of thiophene rings is 1. The van der Waals surface area contributed by atoms with Crippen molar-refractivity contribution < 1.29 is 19.1 Å². The molecule has 1 aliphatic rings. The molecule has 1 aliphatic heterocycles. The van der Waals surface area contributed by atoms with E-state index in [0.717, 1.165) is 20.8 Å². The van der Waals surface area contributed by atoms with Gasteiger partial charge in [-0.1, -0.05) is 11.8 Å². The van der Waals surface area contributed by atoms with Crippen molar-refractivity contribution in [3.05, 3.63) is 45.9 Å². The minimum absolute atomic E-state index is 0.0246. The Morgan fingerprint density at radius 3 is 2.93 bits per heavy atom. The maximum atomic E-state index is 12.8. The molecule has 3 heterocycles. The molecule has 0 unspecified atom stereocenters. The van der Waals surface area contributed by atoms with Crippen LogP contribution in [0.15, 0.2) is 35.4 Å². The van der Waals surface area contributed by atoms with Crippen molar-refractivity contribution in [2.75, 3.05) is 26.0 Å². The van der Waals surface area contributed by atoms with E-state index >= 15 is 0 Å². The first-order chi connectivity index (χ1) is 14.4. The van der Waals surface area contributed by atoms with Crippen LogP contribution in [0.25, 0.3) is 10.9 Å². The molecule has 0 radical (unpaired) electrons. The summed E-state index contributed by atoms with van der Waals surface area (Å²) in [6, 6.07) is 9.17. The fourth-order valence-corrected chi connectivity index (χ4v) is 5.29. The molecule has 0 aliphatic carbocycles. The molecule has 156 valence electrons. The van der Waals surface area contributed by atoms with Gasteiger partial charge in [0.2, 0.25) is 0 Å². The number of carbonyl (C=O) groups is 2. The van der Waals surface area contributed by atoms with E-state index in [1.54, 1.807) is 26.2 Å². The molecule has 0 bridgehead atoms. The standard InChI is InChI=1S/C21H21N3O4S2/c1-12-23-15-5-4-13(27-3)10-14(15)19(24-12)29-11-16(25)17-6-7-18(30-17)21(2)20(26)22-8-9-28-21/h4-7,10H,8-9,11H2,1-3H3,(H,22,26)/t21-/m1/s1. The third-order valence-electron chi connectivity index (χ3n) is 4.88. The molecule has 1 amide bonds. The number of amides is 1. The quantitative estimate of drug-likeness (QED) is 0.355. The van der Waals surface area contributed by atoms with E-state index in [1.807, 2.05) is 25.1 Å². The van der Waals surface area contributed by atoms with Crippen LogP contribution in [0.3, 0.4) is 0 Å². The summed E-state index contributed by atoms with van der Waals surface area (Å²) in [5, 5.41) is 4.41. The fourth-order valence-electron chi connectivity index (χ4n) is 3.21. The second-order valence-electron chi connectivity index (χ2n) is 6.97. The van der Waals surface area contributed by atoms with Crippen molar-refractivity contribution in [2.45, 2.75) is 24.5 Å². The van der Waals surface area contributed by atoms with E-state index < -0.39 is 5.60 Å². The van der Waals surface area contributed by atoms with Crippen LogP contribution >= 0.6 is 23.1 Å². The summed E-state index contributed by atoms with van der Waals surface area (Å²) < 4.78 is 11.0. The van der Waals surface area contributed by atoms with Gasteiger partial charge >= 0.3 is 0 Å². The Kier molecular flexibility index (Phi) is 5.77. The van der Waals surface area contributed by atoms with Crippen LogP contribution in [-0.2, 0) is 15.1 Å². The largest absolute Gasteiger partial charge is 0.497 e. The van der Waals surface area contributed by atoms with Gasteiger partial charge < -0.3 is 14.8 Å². The molecule has 0 saturated carbocycles. The second-order valence-corrected chi connectivity index (χ2v) is 9.02. The van der Waals surface area contributed by atoms with Crippen LogP contribution in [-0.4, -0.2) is 47.7 Å². The maximum absolute atomic E-state index is 12.8. The molecule has 1 saturated heterocycles. The molecule has 30 heavy (non-hydrogen) atoms. The molecule has 1 fully saturated rings. The molecule has 0 spiro atoms. The molecule has 1 N–H and O–H groups in total. The summed E-state index contributed by atoms with van der Waals surface area (Å²) in [7, 11) is 1.61. The highest BCUT2D eigenvalue weighted by atomic mass is 32.2. The van der Waals surface area contributed by atoms with Crippen molar-refractivity contribution in [3.8, 4) is 5.75 Å². The maximum Gasteiger partial charge on any atom is 0.257 e. The van der Waals surface area contributed by atoms with E-state index in [0.29, 0.717) is 29.6 Å². The monoisotopic (exact) mass is 443 g/mol. The Bertz CT molecular complexity index is 1130. The van der Waals surface area contributed by atoms with E-state index in [2.05, 4.69) is 15.3 Å². The number of carbonyl (C=O) groups excluding carboxylic acids is 2. The number of ether oxygens (including phenoxy) is 2. The number of fused-ring (bicyclic) bond motifs is 1. The third-order valence-corrected chi connectivity index (χ3v) is 7.20. The Balaban J connectivity index is 1.53. The van der Waals surface area contributed by atoms with Gasteiger partial charge in [0, 0.05) is 16.8 Å². The molecular formula is C21H21N3O4S2. The SMILES string of the molecule is COc1ccc2nc(C)nc(SCC(=O)c3ccc([C@@]4(C)OCCNC4=O)s3)c2c1. The number of morpholine rings is 1. The van der Waals surface area contributed by atoms with E-state index in [1.165, 1.54) is 23.1 Å². The number of aromatic nitrogens is 2. The zero-order valence-electron chi connectivity index (χ0n) is 16.9. The number of hydrogen-bond acceptors (Lipinski definition) is 8. The predicted octanol–water partition coefficient (Wildman–Crippen LogP) is 3.34. The molecule has 2 aromatic heterocycles. The van der Waals surface area contributed by atoms with Crippen molar-refractivity contribution in [1.82, 2.24) is 15.3 Å². The highest BCUT2D eigenvalue weighted by Crippen LogP contribution is 2.34. The first kappa shape index (κ1) is 20.8. The predicted molar refractivity (Wildman–Crippen MR) is 117 cm³/mol. The van der Waals surface area contributed by atoms with Crippen LogP contribution in [0.4, 0.5) is 0 Å². The first-order valence-corrected chi connectivity index (χ1v) is 11.2. The molecule has 7 nitrogen and oxygen atoms in total. The summed E-state index contributed by atoms with van der Waals surface area (Å²) >= 11 is 2.67. The number of rotatable bonds is 6. The lowest BCUT2D eigenvalue weighted by molar-refractivity contribution is -0.152. The minimum atomic E-state index is -1.05. The smallest absolute Gasteiger partial charge is 0.257 e. The molecular weight excluding hydrogens is 422 g/mol. The first-order valence-electron chi connectivity index (χ1n) is 9.41. The van der Waals surface area contributed by atoms with Crippen LogP contribution in [0.1, 0.15) is 27.3 Å². The van der Waals surface area contributed by atoms with Crippen molar-refractivity contribution in [1.29, 1.82) is 0 Å². The zero-order valence-corrected chi connectivity index (χ0v) is 18.5. The lowest BCUT2D eigenvalue weighted by atomic mass is 10.0. The highest BCUT2D eigenvalue weighted by Gasteiger charge is 2.40. The van der Waals surface area contributed by atoms with Gasteiger partial charge in [-0.05, 0) is 44.2 Å². The van der Waals surface area contributed by atoms with E-state index in [4.69, 9.17) is 9.47 Å².